The number of methoxy groups -OCH3 is 1. The van der Waals surface area contributed by atoms with Crippen LogP contribution in [-0.2, 0) is 14.6 Å². The molecule has 1 aliphatic rings. The lowest BCUT2D eigenvalue weighted by atomic mass is 10.1. The molecule has 1 aliphatic heterocycles. The first-order valence-corrected chi connectivity index (χ1v) is 10.6. The number of sulfone groups is 1. The summed E-state index contributed by atoms with van der Waals surface area (Å²) in [5.74, 6) is 0.213. The third kappa shape index (κ3) is 4.60. The lowest BCUT2D eigenvalue weighted by molar-refractivity contribution is 0.120. The third-order valence-corrected chi connectivity index (χ3v) is 6.78. The van der Waals surface area contributed by atoms with E-state index in [1.54, 1.807) is 13.2 Å². The number of likely N-dealkylation sites (tertiary alicyclic amines) is 1. The van der Waals surface area contributed by atoms with Gasteiger partial charge in [-0.25, -0.2) is 8.42 Å². The quantitative estimate of drug-likeness (QED) is 0.707. The summed E-state index contributed by atoms with van der Waals surface area (Å²) >= 11 is 0. The van der Waals surface area contributed by atoms with Crippen molar-refractivity contribution in [3.05, 3.63) is 48.6 Å². The van der Waals surface area contributed by atoms with Crippen molar-refractivity contribution in [1.82, 2.24) is 4.90 Å². The zero-order chi connectivity index (χ0) is 17.7. The number of unbranched alkanes of at least 4 members (excludes halogenated alkanes) is 1. The molecule has 0 unspecified atom stereocenters. The van der Waals surface area contributed by atoms with Gasteiger partial charge in [-0.1, -0.05) is 36.4 Å². The van der Waals surface area contributed by atoms with Crippen LogP contribution in [0.3, 0.4) is 0 Å². The summed E-state index contributed by atoms with van der Waals surface area (Å²) in [5.41, 5.74) is 0. The third-order valence-electron chi connectivity index (χ3n) is 4.92. The Hall–Kier alpha value is -1.43. The van der Waals surface area contributed by atoms with Crippen LogP contribution in [0.15, 0.2) is 47.4 Å². The molecule has 0 spiro atoms. The summed E-state index contributed by atoms with van der Waals surface area (Å²) in [6.45, 7) is 2.99. The van der Waals surface area contributed by atoms with Crippen LogP contribution in [0.1, 0.15) is 25.7 Å². The van der Waals surface area contributed by atoms with Crippen LogP contribution in [-0.4, -0.2) is 45.8 Å². The fourth-order valence-electron chi connectivity index (χ4n) is 3.43. The van der Waals surface area contributed by atoms with Gasteiger partial charge in [0.1, 0.15) is 0 Å². The van der Waals surface area contributed by atoms with Gasteiger partial charge in [0.25, 0.3) is 0 Å². The molecular formula is C20H26NO3S. The summed E-state index contributed by atoms with van der Waals surface area (Å²) in [6.07, 6.45) is 4.76. The molecule has 4 nitrogen and oxygen atoms in total. The molecule has 1 heterocycles. The zero-order valence-electron chi connectivity index (χ0n) is 14.8. The SMILES string of the molecule is CO[C]1CCN(CCCCS(=O)(=O)c2cccc3ccccc23)CC1. The molecule has 1 radical (unpaired) electrons. The molecule has 3 rings (SSSR count). The fourth-order valence-corrected chi connectivity index (χ4v) is 5.05. The molecule has 1 saturated heterocycles. The molecule has 135 valence electrons. The second kappa shape index (κ2) is 8.30. The number of fused-ring (bicyclic) bond motifs is 1. The first-order valence-electron chi connectivity index (χ1n) is 8.92. The minimum Gasteiger partial charge on any atom is -0.375 e. The Morgan fingerprint density at radius 3 is 2.48 bits per heavy atom. The monoisotopic (exact) mass is 360 g/mol. The Morgan fingerprint density at radius 1 is 1.00 bits per heavy atom. The van der Waals surface area contributed by atoms with Crippen molar-refractivity contribution in [2.75, 3.05) is 32.5 Å². The summed E-state index contributed by atoms with van der Waals surface area (Å²) in [6, 6.07) is 13.2. The first-order chi connectivity index (χ1) is 12.1. The van der Waals surface area contributed by atoms with Crippen molar-refractivity contribution in [3.63, 3.8) is 0 Å². The van der Waals surface area contributed by atoms with Crippen LogP contribution < -0.4 is 0 Å². The van der Waals surface area contributed by atoms with Crippen LogP contribution in [0.5, 0.6) is 0 Å². The van der Waals surface area contributed by atoms with Crippen LogP contribution in [0.4, 0.5) is 0 Å². The maximum atomic E-state index is 12.7. The number of hydrogen-bond acceptors (Lipinski definition) is 4. The Kier molecular flexibility index (Phi) is 6.10. The largest absolute Gasteiger partial charge is 0.375 e. The van der Waals surface area contributed by atoms with Crippen LogP contribution in [0.2, 0.25) is 0 Å². The van der Waals surface area contributed by atoms with Crippen molar-refractivity contribution >= 4 is 20.6 Å². The first kappa shape index (κ1) is 18.4. The Morgan fingerprint density at radius 2 is 1.72 bits per heavy atom. The molecule has 0 bridgehead atoms. The average Bonchev–Trinajstić information content (AvgIpc) is 2.65. The molecule has 2 aromatic rings. The second-order valence-electron chi connectivity index (χ2n) is 6.59. The molecule has 5 heteroatoms. The van der Waals surface area contributed by atoms with E-state index >= 15 is 0 Å². The van der Waals surface area contributed by atoms with Crippen molar-refractivity contribution < 1.29 is 13.2 Å². The van der Waals surface area contributed by atoms with E-state index in [2.05, 4.69) is 4.90 Å². The fraction of sp³-hybridized carbons (Fsp3) is 0.450. The van der Waals surface area contributed by atoms with Gasteiger partial charge in [-0.05, 0) is 43.7 Å². The molecule has 0 N–H and O–H groups in total. The summed E-state index contributed by atoms with van der Waals surface area (Å²) in [4.78, 5) is 2.86. The molecule has 25 heavy (non-hydrogen) atoms. The number of ether oxygens (including phenoxy) is 1. The van der Waals surface area contributed by atoms with Crippen LogP contribution >= 0.6 is 0 Å². The molecule has 0 saturated carbocycles. The van der Waals surface area contributed by atoms with Crippen molar-refractivity contribution in [3.8, 4) is 0 Å². The highest BCUT2D eigenvalue weighted by atomic mass is 32.2. The number of rotatable bonds is 7. The average molecular weight is 360 g/mol. The van der Waals surface area contributed by atoms with Gasteiger partial charge in [0.2, 0.25) is 0 Å². The normalized spacial score (nSPS) is 17.2. The predicted molar refractivity (Wildman–Crippen MR) is 101 cm³/mol. The Bertz CT molecular complexity index is 790. The van der Waals surface area contributed by atoms with Gasteiger partial charge in [0, 0.05) is 25.6 Å². The smallest absolute Gasteiger partial charge is 0.178 e. The highest BCUT2D eigenvalue weighted by Gasteiger charge is 2.20. The highest BCUT2D eigenvalue weighted by Crippen LogP contribution is 2.24. The minimum absolute atomic E-state index is 0.213. The number of piperidine rings is 1. The maximum Gasteiger partial charge on any atom is 0.178 e. The van der Waals surface area contributed by atoms with E-state index < -0.39 is 9.84 Å². The number of hydrogen-bond donors (Lipinski definition) is 0. The van der Waals surface area contributed by atoms with E-state index in [0.717, 1.165) is 49.7 Å². The van der Waals surface area contributed by atoms with Gasteiger partial charge in [0.05, 0.1) is 16.8 Å². The van der Waals surface area contributed by atoms with Gasteiger partial charge >= 0.3 is 0 Å². The van der Waals surface area contributed by atoms with Gasteiger partial charge < -0.3 is 9.64 Å². The van der Waals surface area contributed by atoms with Crippen molar-refractivity contribution in [1.29, 1.82) is 0 Å². The van der Waals surface area contributed by atoms with E-state index in [1.807, 2.05) is 36.4 Å². The number of benzene rings is 2. The van der Waals surface area contributed by atoms with E-state index in [0.29, 0.717) is 11.3 Å². The molecular weight excluding hydrogens is 334 g/mol. The molecule has 1 fully saturated rings. The topological polar surface area (TPSA) is 46.6 Å². The van der Waals surface area contributed by atoms with Gasteiger partial charge in [0.15, 0.2) is 9.84 Å². The Labute approximate surface area is 150 Å². The molecule has 0 atom stereocenters. The molecule has 2 aromatic carbocycles. The summed E-state index contributed by atoms with van der Waals surface area (Å²) in [5, 5.41) is 1.80. The highest BCUT2D eigenvalue weighted by molar-refractivity contribution is 7.91. The lowest BCUT2D eigenvalue weighted by Crippen LogP contribution is -2.34. The van der Waals surface area contributed by atoms with Gasteiger partial charge in [-0.15, -0.1) is 0 Å². The van der Waals surface area contributed by atoms with E-state index in [-0.39, 0.29) is 5.75 Å². The lowest BCUT2D eigenvalue weighted by Gasteiger charge is -2.30. The van der Waals surface area contributed by atoms with E-state index in [9.17, 15) is 8.42 Å². The van der Waals surface area contributed by atoms with E-state index in [4.69, 9.17) is 4.74 Å². The molecule has 0 amide bonds. The zero-order valence-corrected chi connectivity index (χ0v) is 15.6. The van der Waals surface area contributed by atoms with Crippen molar-refractivity contribution in [2.24, 2.45) is 0 Å². The maximum absolute atomic E-state index is 12.7. The Balaban J connectivity index is 1.54. The van der Waals surface area contributed by atoms with Gasteiger partial charge in [-0.3, -0.25) is 0 Å². The van der Waals surface area contributed by atoms with Gasteiger partial charge in [-0.2, -0.15) is 0 Å². The minimum atomic E-state index is -3.25. The van der Waals surface area contributed by atoms with Crippen LogP contribution in [0, 0.1) is 6.10 Å². The van der Waals surface area contributed by atoms with Crippen molar-refractivity contribution in [2.45, 2.75) is 30.6 Å². The molecule has 0 aromatic heterocycles. The summed E-state index contributed by atoms with van der Waals surface area (Å²) < 4.78 is 30.8. The predicted octanol–water partition coefficient (Wildman–Crippen LogP) is 3.67. The van der Waals surface area contributed by atoms with E-state index in [1.165, 1.54) is 6.10 Å². The summed E-state index contributed by atoms with van der Waals surface area (Å²) in [7, 11) is -1.51. The molecule has 0 aliphatic carbocycles. The number of nitrogens with zero attached hydrogens (tertiary/aromatic N) is 1. The second-order valence-corrected chi connectivity index (χ2v) is 8.67. The standard InChI is InChI=1S/C20H26NO3S/c1-24-18-11-14-21(15-12-18)13-4-5-16-25(22,23)20-10-6-8-17-7-2-3-9-19(17)20/h2-3,6-10H,4-5,11-16H2,1H3. The van der Waals surface area contributed by atoms with Crippen LogP contribution in [0.25, 0.3) is 10.8 Å².